The van der Waals surface area contributed by atoms with Gasteiger partial charge in [0.1, 0.15) is 5.82 Å². The van der Waals surface area contributed by atoms with Crippen molar-refractivity contribution in [2.45, 2.75) is 45.2 Å². The Morgan fingerprint density at radius 3 is 2.62 bits per heavy atom. The van der Waals surface area contributed by atoms with Gasteiger partial charge in [-0.3, -0.25) is 0 Å². The van der Waals surface area contributed by atoms with E-state index in [1.807, 2.05) is 13.1 Å². The molecule has 0 aromatic carbocycles. The van der Waals surface area contributed by atoms with Crippen molar-refractivity contribution < 1.29 is 0 Å². The highest BCUT2D eigenvalue weighted by atomic mass is 15.1. The summed E-state index contributed by atoms with van der Waals surface area (Å²) in [4.78, 5) is 4.33. The fourth-order valence-electron chi connectivity index (χ4n) is 1.86. The van der Waals surface area contributed by atoms with Crippen LogP contribution in [0.15, 0.2) is 6.20 Å². The molecular formula is C10H17N3. The lowest BCUT2D eigenvalue weighted by atomic mass is 10.2. The lowest BCUT2D eigenvalue weighted by Crippen LogP contribution is -2.24. The van der Waals surface area contributed by atoms with Crippen molar-refractivity contribution in [3.05, 3.63) is 17.7 Å². The number of hydrogen-bond acceptors (Lipinski definition) is 2. The van der Waals surface area contributed by atoms with Gasteiger partial charge < -0.3 is 10.3 Å². The Morgan fingerprint density at radius 2 is 2.15 bits per heavy atom. The molecule has 1 aliphatic carbocycles. The van der Waals surface area contributed by atoms with E-state index in [-0.39, 0.29) is 5.54 Å². The SMILES string of the molecule is Cc1ncc(C2(N)CC2)n1C(C)C. The largest absolute Gasteiger partial charge is 0.328 e. The number of imidazole rings is 1. The fraction of sp³-hybridized carbons (Fsp3) is 0.700. The Balaban J connectivity index is 2.46. The van der Waals surface area contributed by atoms with E-state index in [0.29, 0.717) is 6.04 Å². The molecule has 1 aromatic rings. The average molecular weight is 179 g/mol. The maximum absolute atomic E-state index is 6.16. The Kier molecular flexibility index (Phi) is 1.74. The highest BCUT2D eigenvalue weighted by Crippen LogP contribution is 2.43. The van der Waals surface area contributed by atoms with Crippen LogP contribution in [0.1, 0.15) is 44.2 Å². The van der Waals surface area contributed by atoms with Crippen molar-refractivity contribution in [1.29, 1.82) is 0 Å². The molecule has 1 fully saturated rings. The molecule has 3 nitrogen and oxygen atoms in total. The van der Waals surface area contributed by atoms with Crippen LogP contribution in [-0.2, 0) is 5.54 Å². The summed E-state index contributed by atoms with van der Waals surface area (Å²) in [5, 5.41) is 0. The summed E-state index contributed by atoms with van der Waals surface area (Å²) in [5.74, 6) is 1.07. The zero-order chi connectivity index (χ0) is 9.64. The highest BCUT2D eigenvalue weighted by Gasteiger charge is 2.43. The first-order valence-corrected chi connectivity index (χ1v) is 4.88. The van der Waals surface area contributed by atoms with Crippen molar-refractivity contribution >= 4 is 0 Å². The molecule has 3 heteroatoms. The van der Waals surface area contributed by atoms with E-state index in [2.05, 4.69) is 23.4 Å². The van der Waals surface area contributed by atoms with Gasteiger partial charge >= 0.3 is 0 Å². The summed E-state index contributed by atoms with van der Waals surface area (Å²) in [5.41, 5.74) is 7.30. The minimum atomic E-state index is -0.0640. The van der Waals surface area contributed by atoms with Gasteiger partial charge in [-0.2, -0.15) is 0 Å². The summed E-state index contributed by atoms with van der Waals surface area (Å²) in [6.45, 7) is 6.38. The second-order valence-corrected chi connectivity index (χ2v) is 4.31. The van der Waals surface area contributed by atoms with Gasteiger partial charge in [-0.25, -0.2) is 4.98 Å². The van der Waals surface area contributed by atoms with Crippen LogP contribution in [0, 0.1) is 6.92 Å². The number of aromatic nitrogens is 2. The molecule has 0 aliphatic heterocycles. The molecular weight excluding hydrogens is 162 g/mol. The summed E-state index contributed by atoms with van der Waals surface area (Å²) in [6, 6.07) is 0.457. The van der Waals surface area contributed by atoms with Crippen molar-refractivity contribution in [3.63, 3.8) is 0 Å². The quantitative estimate of drug-likeness (QED) is 0.751. The van der Waals surface area contributed by atoms with Gasteiger partial charge in [-0.15, -0.1) is 0 Å². The van der Waals surface area contributed by atoms with Crippen LogP contribution in [-0.4, -0.2) is 9.55 Å². The maximum atomic E-state index is 6.16. The van der Waals surface area contributed by atoms with E-state index in [0.717, 1.165) is 18.7 Å². The standard InChI is InChI=1S/C10H17N3/c1-7(2)13-8(3)12-6-9(13)10(11)4-5-10/h6-7H,4-5,11H2,1-3H3. The molecule has 1 heterocycles. The molecule has 72 valence electrons. The monoisotopic (exact) mass is 179 g/mol. The van der Waals surface area contributed by atoms with Crippen LogP contribution in [0.3, 0.4) is 0 Å². The maximum Gasteiger partial charge on any atom is 0.106 e. The van der Waals surface area contributed by atoms with Gasteiger partial charge in [0, 0.05) is 6.04 Å². The number of rotatable bonds is 2. The molecule has 0 radical (unpaired) electrons. The van der Waals surface area contributed by atoms with E-state index in [9.17, 15) is 0 Å². The molecule has 0 saturated heterocycles. The molecule has 1 saturated carbocycles. The Morgan fingerprint density at radius 1 is 1.54 bits per heavy atom. The first-order chi connectivity index (χ1) is 6.04. The van der Waals surface area contributed by atoms with E-state index in [1.165, 1.54) is 5.69 Å². The third kappa shape index (κ3) is 1.27. The van der Waals surface area contributed by atoms with Crippen LogP contribution in [0.25, 0.3) is 0 Å². The van der Waals surface area contributed by atoms with E-state index in [1.54, 1.807) is 0 Å². The molecule has 13 heavy (non-hydrogen) atoms. The van der Waals surface area contributed by atoms with Gasteiger partial charge in [0.2, 0.25) is 0 Å². The first kappa shape index (κ1) is 8.75. The van der Waals surface area contributed by atoms with Gasteiger partial charge in [-0.1, -0.05) is 0 Å². The molecule has 0 amide bonds. The summed E-state index contributed by atoms with van der Waals surface area (Å²) in [6.07, 6.45) is 4.14. The zero-order valence-electron chi connectivity index (χ0n) is 8.54. The molecule has 0 spiro atoms. The van der Waals surface area contributed by atoms with Crippen LogP contribution < -0.4 is 5.73 Å². The van der Waals surface area contributed by atoms with E-state index in [4.69, 9.17) is 5.73 Å². The van der Waals surface area contributed by atoms with Crippen molar-refractivity contribution in [2.24, 2.45) is 5.73 Å². The topological polar surface area (TPSA) is 43.8 Å². The Bertz CT molecular complexity index is 321. The molecule has 0 atom stereocenters. The summed E-state index contributed by atoms with van der Waals surface area (Å²) >= 11 is 0. The first-order valence-electron chi connectivity index (χ1n) is 4.88. The second kappa shape index (κ2) is 2.58. The van der Waals surface area contributed by atoms with E-state index < -0.39 is 0 Å². The van der Waals surface area contributed by atoms with Gasteiger partial charge in [0.05, 0.1) is 17.4 Å². The van der Waals surface area contributed by atoms with Gasteiger partial charge in [-0.05, 0) is 33.6 Å². The minimum Gasteiger partial charge on any atom is -0.328 e. The zero-order valence-corrected chi connectivity index (χ0v) is 8.54. The number of aryl methyl sites for hydroxylation is 1. The van der Waals surface area contributed by atoms with Crippen LogP contribution >= 0.6 is 0 Å². The third-order valence-corrected chi connectivity index (χ3v) is 2.80. The predicted octanol–water partition coefficient (Wildman–Crippen LogP) is 1.72. The number of hydrogen-bond donors (Lipinski definition) is 1. The second-order valence-electron chi connectivity index (χ2n) is 4.31. The van der Waals surface area contributed by atoms with Crippen LogP contribution in [0.2, 0.25) is 0 Å². The predicted molar refractivity (Wildman–Crippen MR) is 52.4 cm³/mol. The smallest absolute Gasteiger partial charge is 0.106 e. The summed E-state index contributed by atoms with van der Waals surface area (Å²) in [7, 11) is 0. The number of nitrogens with zero attached hydrogens (tertiary/aromatic N) is 2. The van der Waals surface area contributed by atoms with Crippen LogP contribution in [0.4, 0.5) is 0 Å². The average Bonchev–Trinajstić information content (AvgIpc) is 2.63. The number of nitrogens with two attached hydrogens (primary N) is 1. The molecule has 0 bridgehead atoms. The fourth-order valence-corrected chi connectivity index (χ4v) is 1.86. The lowest BCUT2D eigenvalue weighted by molar-refractivity contribution is 0.523. The normalized spacial score (nSPS) is 19.5. The van der Waals surface area contributed by atoms with Crippen molar-refractivity contribution in [1.82, 2.24) is 9.55 Å². The van der Waals surface area contributed by atoms with Crippen molar-refractivity contribution in [2.75, 3.05) is 0 Å². The minimum absolute atomic E-state index is 0.0640. The molecule has 1 aliphatic rings. The van der Waals surface area contributed by atoms with Gasteiger partial charge in [0.15, 0.2) is 0 Å². The molecule has 2 rings (SSSR count). The third-order valence-electron chi connectivity index (χ3n) is 2.80. The molecule has 1 aromatic heterocycles. The van der Waals surface area contributed by atoms with Gasteiger partial charge in [0.25, 0.3) is 0 Å². The highest BCUT2D eigenvalue weighted by molar-refractivity contribution is 5.23. The molecule has 2 N–H and O–H groups in total. The van der Waals surface area contributed by atoms with Crippen LogP contribution in [0.5, 0.6) is 0 Å². The Hall–Kier alpha value is -0.830. The Labute approximate surface area is 79.0 Å². The summed E-state index contributed by atoms with van der Waals surface area (Å²) < 4.78 is 2.24. The van der Waals surface area contributed by atoms with E-state index >= 15 is 0 Å². The van der Waals surface area contributed by atoms with Crippen molar-refractivity contribution in [3.8, 4) is 0 Å². The lowest BCUT2D eigenvalue weighted by Gasteiger charge is -2.17. The molecule has 0 unspecified atom stereocenters.